The number of carbonyl (C=O) groups is 2. The van der Waals surface area contributed by atoms with Gasteiger partial charge in [-0.1, -0.05) is 38.2 Å². The Balaban J connectivity index is 2.22. The van der Waals surface area contributed by atoms with E-state index < -0.39 is 12.1 Å². The number of phenols is 2. The maximum absolute atomic E-state index is 11.4. The maximum Gasteiger partial charge on any atom is 0.331 e. The fraction of sp³-hybridized carbons (Fsp3) is 0.300. The quantitative estimate of drug-likeness (QED) is 0.772. The molecule has 1 aliphatic rings. The van der Waals surface area contributed by atoms with Crippen LogP contribution >= 0.6 is 0 Å². The first-order chi connectivity index (χ1) is 11.8. The molecule has 0 aliphatic carbocycles. The Labute approximate surface area is 146 Å². The number of allylic oxidation sites excluding steroid dienone is 1. The number of Topliss-reactive ketones (excluding diaryl/α,β-unsaturated/α-hetero) is 1. The summed E-state index contributed by atoms with van der Waals surface area (Å²) in [6.07, 6.45) is 7.73. The van der Waals surface area contributed by atoms with Crippen LogP contribution in [0, 0.1) is 5.92 Å². The molecule has 1 aliphatic heterocycles. The van der Waals surface area contributed by atoms with Gasteiger partial charge in [-0.3, -0.25) is 4.79 Å². The van der Waals surface area contributed by atoms with Crippen LogP contribution in [0.3, 0.4) is 0 Å². The summed E-state index contributed by atoms with van der Waals surface area (Å²) in [6.45, 7) is 5.43. The number of ketones is 1. The van der Waals surface area contributed by atoms with Crippen molar-refractivity contribution in [1.82, 2.24) is 0 Å². The van der Waals surface area contributed by atoms with Crippen LogP contribution in [0.4, 0.5) is 0 Å². The van der Waals surface area contributed by atoms with Crippen molar-refractivity contribution in [3.63, 3.8) is 0 Å². The van der Waals surface area contributed by atoms with Crippen molar-refractivity contribution in [2.75, 3.05) is 0 Å². The molecular formula is C20H22O5. The monoisotopic (exact) mass is 342 g/mol. The summed E-state index contributed by atoms with van der Waals surface area (Å²) in [5.74, 6) is -0.334. The van der Waals surface area contributed by atoms with Crippen molar-refractivity contribution in [1.29, 1.82) is 0 Å². The van der Waals surface area contributed by atoms with Crippen LogP contribution in [0.25, 0.3) is 12.2 Å². The highest BCUT2D eigenvalue weighted by Gasteiger charge is 2.25. The Hall–Kier alpha value is -2.82. The second-order valence-electron chi connectivity index (χ2n) is 6.39. The number of carbonyl (C=O) groups excluding carboxylic acids is 2. The highest BCUT2D eigenvalue weighted by molar-refractivity contribution is 5.88. The van der Waals surface area contributed by atoms with Gasteiger partial charge in [0.15, 0.2) is 0 Å². The molecule has 0 bridgehead atoms. The van der Waals surface area contributed by atoms with Gasteiger partial charge in [-0.15, -0.1) is 0 Å². The van der Waals surface area contributed by atoms with Crippen molar-refractivity contribution in [2.45, 2.75) is 33.3 Å². The average Bonchev–Trinajstić information content (AvgIpc) is 2.82. The van der Waals surface area contributed by atoms with Gasteiger partial charge in [0.1, 0.15) is 23.4 Å². The molecule has 25 heavy (non-hydrogen) atoms. The van der Waals surface area contributed by atoms with E-state index in [2.05, 4.69) is 0 Å². The zero-order valence-corrected chi connectivity index (χ0v) is 14.5. The van der Waals surface area contributed by atoms with Crippen LogP contribution in [0.5, 0.6) is 11.5 Å². The molecule has 5 heteroatoms. The molecule has 2 rings (SSSR count). The molecule has 0 amide bonds. The second kappa shape index (κ2) is 7.83. The minimum atomic E-state index is -0.586. The summed E-state index contributed by atoms with van der Waals surface area (Å²) in [6, 6.07) is 3.04. The van der Waals surface area contributed by atoms with Crippen molar-refractivity contribution >= 4 is 23.9 Å². The molecule has 0 fully saturated rings. The number of benzene rings is 1. The highest BCUT2D eigenvalue weighted by atomic mass is 16.5. The number of esters is 1. The van der Waals surface area contributed by atoms with E-state index in [9.17, 15) is 19.8 Å². The van der Waals surface area contributed by atoms with Gasteiger partial charge in [0, 0.05) is 18.1 Å². The fourth-order valence-corrected chi connectivity index (χ4v) is 2.44. The number of cyclic esters (lactones) is 1. The van der Waals surface area contributed by atoms with E-state index in [1.165, 1.54) is 25.1 Å². The van der Waals surface area contributed by atoms with E-state index in [0.717, 1.165) is 0 Å². The van der Waals surface area contributed by atoms with Gasteiger partial charge in [-0.05, 0) is 30.5 Å². The lowest BCUT2D eigenvalue weighted by Crippen LogP contribution is -2.14. The third kappa shape index (κ3) is 5.08. The summed E-state index contributed by atoms with van der Waals surface area (Å²) in [7, 11) is 0. The lowest BCUT2D eigenvalue weighted by molar-refractivity contribution is -0.139. The largest absolute Gasteiger partial charge is 0.507 e. The average molecular weight is 342 g/mol. The van der Waals surface area contributed by atoms with Crippen LogP contribution in [0.1, 0.15) is 38.3 Å². The predicted octanol–water partition coefficient (Wildman–Crippen LogP) is 3.61. The molecule has 0 spiro atoms. The number of ether oxygens (including phenoxy) is 1. The Morgan fingerprint density at radius 3 is 2.40 bits per heavy atom. The minimum Gasteiger partial charge on any atom is -0.507 e. The van der Waals surface area contributed by atoms with Crippen LogP contribution in [-0.4, -0.2) is 28.1 Å². The molecule has 0 saturated heterocycles. The van der Waals surface area contributed by atoms with E-state index >= 15 is 0 Å². The molecule has 1 atom stereocenters. The number of hydrogen-bond donors (Lipinski definition) is 2. The van der Waals surface area contributed by atoms with E-state index in [1.807, 2.05) is 19.9 Å². The van der Waals surface area contributed by atoms with E-state index in [-0.39, 0.29) is 23.7 Å². The Bertz CT molecular complexity index is 745. The first-order valence-electron chi connectivity index (χ1n) is 8.10. The van der Waals surface area contributed by atoms with E-state index in [1.54, 1.807) is 18.2 Å². The van der Waals surface area contributed by atoms with Crippen LogP contribution in [0.2, 0.25) is 0 Å². The van der Waals surface area contributed by atoms with Crippen LogP contribution in [0.15, 0.2) is 35.9 Å². The molecule has 0 radical (unpaired) electrons. The normalized spacial score (nSPS) is 17.5. The third-order valence-corrected chi connectivity index (χ3v) is 3.66. The zero-order chi connectivity index (χ0) is 18.6. The van der Waals surface area contributed by atoms with Crippen molar-refractivity contribution < 1.29 is 24.5 Å². The summed E-state index contributed by atoms with van der Waals surface area (Å²) in [5, 5.41) is 20.2. The molecule has 1 aromatic carbocycles. The first-order valence-corrected chi connectivity index (χ1v) is 8.10. The maximum atomic E-state index is 11.4. The van der Waals surface area contributed by atoms with Gasteiger partial charge in [0.05, 0.1) is 5.56 Å². The number of hydrogen-bond acceptors (Lipinski definition) is 5. The van der Waals surface area contributed by atoms with Gasteiger partial charge in [-0.25, -0.2) is 4.79 Å². The topological polar surface area (TPSA) is 83.8 Å². The fourth-order valence-electron chi connectivity index (χ4n) is 2.44. The van der Waals surface area contributed by atoms with E-state index in [0.29, 0.717) is 22.6 Å². The minimum absolute atomic E-state index is 0.0374. The predicted molar refractivity (Wildman–Crippen MR) is 95.9 cm³/mol. The van der Waals surface area contributed by atoms with Crippen LogP contribution in [-0.2, 0) is 14.3 Å². The highest BCUT2D eigenvalue weighted by Crippen LogP contribution is 2.31. The molecule has 5 nitrogen and oxygen atoms in total. The summed E-state index contributed by atoms with van der Waals surface area (Å²) >= 11 is 0. The third-order valence-electron chi connectivity index (χ3n) is 3.66. The first kappa shape index (κ1) is 18.5. The molecule has 1 heterocycles. The number of phenolic OH excluding ortho intramolecular Hbond substituents is 2. The zero-order valence-electron chi connectivity index (χ0n) is 14.5. The second-order valence-corrected chi connectivity index (χ2v) is 6.39. The van der Waals surface area contributed by atoms with Crippen molar-refractivity contribution in [3.8, 4) is 11.5 Å². The molecule has 132 valence electrons. The summed E-state index contributed by atoms with van der Waals surface area (Å²) < 4.78 is 5.08. The molecule has 0 saturated carbocycles. The SMILES string of the molecule is CC(=O)C[C@@H]1OC(=O)C=C1C=Cc1cc(O)c(C=CC(C)C)c(O)c1. The lowest BCUT2D eigenvalue weighted by Gasteiger charge is -2.10. The molecule has 0 unspecified atom stereocenters. The van der Waals surface area contributed by atoms with Gasteiger partial charge < -0.3 is 14.9 Å². The number of rotatable bonds is 6. The van der Waals surface area contributed by atoms with Gasteiger partial charge in [0.2, 0.25) is 0 Å². The Morgan fingerprint density at radius 2 is 1.84 bits per heavy atom. The number of aromatic hydroxyl groups is 2. The van der Waals surface area contributed by atoms with Gasteiger partial charge in [0.25, 0.3) is 0 Å². The van der Waals surface area contributed by atoms with Crippen molar-refractivity contribution in [2.24, 2.45) is 5.92 Å². The molecule has 0 aromatic heterocycles. The molecule has 1 aromatic rings. The summed E-state index contributed by atoms with van der Waals surface area (Å²) in [4.78, 5) is 22.7. The molecular weight excluding hydrogens is 320 g/mol. The standard InChI is InChI=1S/C20H22O5/c1-12(2)4-7-16-17(22)9-14(10-18(16)23)5-6-15-11-20(24)25-19(15)8-13(3)21/h4-7,9-12,19,22-23H,8H2,1-3H3/t19-/m0/s1. The Morgan fingerprint density at radius 1 is 1.20 bits per heavy atom. The smallest absolute Gasteiger partial charge is 0.331 e. The molecule has 2 N–H and O–H groups in total. The van der Waals surface area contributed by atoms with Crippen LogP contribution < -0.4 is 0 Å². The van der Waals surface area contributed by atoms with Crippen molar-refractivity contribution in [3.05, 3.63) is 47.1 Å². The van der Waals surface area contributed by atoms with Gasteiger partial charge >= 0.3 is 5.97 Å². The van der Waals surface area contributed by atoms with Gasteiger partial charge in [-0.2, -0.15) is 0 Å². The summed E-state index contributed by atoms with van der Waals surface area (Å²) in [5.41, 5.74) is 1.51. The lowest BCUT2D eigenvalue weighted by atomic mass is 10.0. The Kier molecular flexibility index (Phi) is 5.80. The van der Waals surface area contributed by atoms with E-state index in [4.69, 9.17) is 4.74 Å².